The number of hydrogen-bond acceptors (Lipinski definition) is 8. The van der Waals surface area contributed by atoms with Gasteiger partial charge < -0.3 is 34.8 Å². The number of morpholine rings is 1. The molecule has 0 saturated carbocycles. The average Bonchev–Trinajstić information content (AvgIpc) is 3.46. The maximum Gasteiger partial charge on any atom is 0.490 e. The first-order chi connectivity index (χ1) is 24.9. The lowest BCUT2D eigenvalue weighted by Crippen LogP contribution is -2.43. The van der Waals surface area contributed by atoms with Crippen molar-refractivity contribution < 1.29 is 56.0 Å². The smallest absolute Gasteiger partial charge is 0.478 e. The van der Waals surface area contributed by atoms with E-state index in [1.165, 1.54) is 12.1 Å². The van der Waals surface area contributed by atoms with E-state index in [1.54, 1.807) is 59.5 Å². The molecule has 0 aliphatic carbocycles. The maximum absolute atomic E-state index is 12.8. The zero-order valence-electron chi connectivity index (χ0n) is 29.0. The summed E-state index contributed by atoms with van der Waals surface area (Å²) >= 11 is 0. The van der Waals surface area contributed by atoms with Crippen molar-refractivity contribution in [1.82, 2.24) is 14.8 Å². The minimum atomic E-state index is -5.08. The summed E-state index contributed by atoms with van der Waals surface area (Å²) in [7, 11) is -3.76. The van der Waals surface area contributed by atoms with Crippen LogP contribution in [0.4, 0.5) is 18.9 Å². The molecule has 1 aliphatic rings. The number of aromatic carboxylic acids is 1. The number of carbonyl (C=O) groups is 3. The van der Waals surface area contributed by atoms with E-state index in [2.05, 4.69) is 14.6 Å². The molecule has 286 valence electrons. The van der Waals surface area contributed by atoms with Crippen LogP contribution < -0.4 is 10.0 Å². The molecule has 1 atom stereocenters. The molecule has 1 aliphatic heterocycles. The summed E-state index contributed by atoms with van der Waals surface area (Å²) in [5.41, 5.74) is 2.66. The number of benzene rings is 3. The number of rotatable bonds is 14. The number of amides is 1. The summed E-state index contributed by atoms with van der Waals surface area (Å²) in [5.74, 6) is -3.78. The van der Waals surface area contributed by atoms with Gasteiger partial charge in [0, 0.05) is 60.4 Å². The number of carbonyl (C=O) groups excluding carboxylic acids is 1. The number of alkyl halides is 3. The van der Waals surface area contributed by atoms with Gasteiger partial charge in [-0.25, -0.2) is 18.0 Å². The average molecular weight is 763 g/mol. The number of halogens is 3. The molecule has 0 bridgehead atoms. The van der Waals surface area contributed by atoms with Crippen molar-refractivity contribution in [2.24, 2.45) is 0 Å². The number of carboxylic acids is 2. The van der Waals surface area contributed by atoms with Crippen molar-refractivity contribution in [2.45, 2.75) is 55.9 Å². The fraction of sp³-hybridized carbons (Fsp3) is 0.361. The molecule has 5 N–H and O–H groups in total. The zero-order chi connectivity index (χ0) is 39.0. The Hall–Kier alpha value is -4.97. The molecule has 5 rings (SSSR count). The first kappa shape index (κ1) is 40.8. The molecule has 17 heteroatoms. The Bertz CT molecular complexity index is 2020. The van der Waals surface area contributed by atoms with Crippen LogP contribution in [0.5, 0.6) is 0 Å². The molecule has 53 heavy (non-hydrogen) atoms. The van der Waals surface area contributed by atoms with Crippen molar-refractivity contribution in [2.75, 3.05) is 37.6 Å². The van der Waals surface area contributed by atoms with Gasteiger partial charge in [-0.1, -0.05) is 30.3 Å². The maximum atomic E-state index is 12.8. The largest absolute Gasteiger partial charge is 0.490 e. The molecule has 0 unspecified atom stereocenters. The second-order valence-corrected chi connectivity index (χ2v) is 14.6. The molecule has 13 nitrogen and oxygen atoms in total. The Balaban J connectivity index is 0.000000815. The first-order valence-corrected chi connectivity index (χ1v) is 18.0. The Labute approximate surface area is 304 Å². The minimum absolute atomic E-state index is 0.0369. The van der Waals surface area contributed by atoms with Gasteiger partial charge in [-0.05, 0) is 74.4 Å². The number of hydrogen-bond donors (Lipinski definition) is 5. The standard InChI is InChI=1S/C34H40N4O7S.C2HF3O2/c1-34(2,35-22-31(39)24-7-6-8-27(20-24)36-46(43,44)29-9-4-3-5-10-29)14-16-38-28(13-15-37-17-18-45-23-32(37)40)21-26-19-25(33(41)42)11-12-30(26)38;3-2(4,5)1(6)7/h3-12,19-21,31,35-36,39H,13-18,22-23H2,1-2H3,(H,41,42);(H,6,7)/t31-;/m0./s1. The highest BCUT2D eigenvalue weighted by Crippen LogP contribution is 2.26. The number of nitrogens with one attached hydrogen (secondary N) is 2. The van der Waals surface area contributed by atoms with Gasteiger partial charge in [0.15, 0.2) is 0 Å². The van der Waals surface area contributed by atoms with E-state index in [0.29, 0.717) is 50.3 Å². The van der Waals surface area contributed by atoms with Gasteiger partial charge in [0.1, 0.15) is 6.61 Å². The van der Waals surface area contributed by atoms with Gasteiger partial charge in [0.05, 0.1) is 23.2 Å². The van der Waals surface area contributed by atoms with Crippen LogP contribution >= 0.6 is 0 Å². The van der Waals surface area contributed by atoms with Crippen LogP contribution in [0.1, 0.15) is 48.0 Å². The quantitative estimate of drug-likeness (QED) is 0.121. The molecule has 1 saturated heterocycles. The van der Waals surface area contributed by atoms with Gasteiger partial charge in [-0.15, -0.1) is 0 Å². The van der Waals surface area contributed by atoms with Crippen molar-refractivity contribution in [3.63, 3.8) is 0 Å². The fourth-order valence-corrected chi connectivity index (χ4v) is 6.63. The number of aliphatic hydroxyl groups is 1. The van der Waals surface area contributed by atoms with Crippen LogP contribution in [0, 0.1) is 0 Å². The highest BCUT2D eigenvalue weighted by molar-refractivity contribution is 7.92. The number of carboxylic acid groups (broad SMARTS) is 2. The second-order valence-electron chi connectivity index (χ2n) is 12.9. The van der Waals surface area contributed by atoms with Crippen molar-refractivity contribution in [3.05, 3.63) is 95.7 Å². The lowest BCUT2D eigenvalue weighted by atomic mass is 9.99. The van der Waals surface area contributed by atoms with Crippen LogP contribution in [-0.4, -0.2) is 95.6 Å². The Morgan fingerprint density at radius 3 is 2.30 bits per heavy atom. The predicted molar refractivity (Wildman–Crippen MR) is 189 cm³/mol. The van der Waals surface area contributed by atoms with E-state index in [-0.39, 0.29) is 29.5 Å². The number of sulfonamides is 1. The van der Waals surface area contributed by atoms with E-state index < -0.39 is 39.8 Å². The van der Waals surface area contributed by atoms with E-state index in [9.17, 15) is 41.4 Å². The number of anilines is 1. The van der Waals surface area contributed by atoms with Crippen LogP contribution in [0.15, 0.2) is 83.8 Å². The van der Waals surface area contributed by atoms with Crippen LogP contribution in [0.2, 0.25) is 0 Å². The van der Waals surface area contributed by atoms with Crippen LogP contribution in [-0.2, 0) is 37.3 Å². The number of aryl methyl sites for hydroxylation is 1. The Kier molecular flexibility index (Phi) is 13.3. The SMILES string of the molecule is CC(C)(CCn1c(CCN2CCOCC2=O)cc2cc(C(=O)O)ccc21)NC[C@H](O)c1cccc(NS(=O)(=O)c2ccccc2)c1.O=C(O)C(F)(F)F. The second kappa shape index (κ2) is 17.2. The Morgan fingerprint density at radius 2 is 1.66 bits per heavy atom. The summed E-state index contributed by atoms with van der Waals surface area (Å²) in [6, 6.07) is 21.9. The van der Waals surface area contributed by atoms with Crippen molar-refractivity contribution >= 4 is 44.5 Å². The number of aliphatic hydroxyl groups excluding tert-OH is 1. The molecule has 0 radical (unpaired) electrons. The summed E-state index contributed by atoms with van der Waals surface area (Å²) in [6.45, 7) is 6.63. The van der Waals surface area contributed by atoms with E-state index in [0.717, 1.165) is 16.6 Å². The number of nitrogens with zero attached hydrogens (tertiary/aromatic N) is 2. The minimum Gasteiger partial charge on any atom is -0.478 e. The normalized spacial score (nSPS) is 14.4. The lowest BCUT2D eigenvalue weighted by molar-refractivity contribution is -0.192. The summed E-state index contributed by atoms with van der Waals surface area (Å²) in [4.78, 5) is 34.7. The van der Waals surface area contributed by atoms with Crippen molar-refractivity contribution in [1.29, 1.82) is 0 Å². The molecule has 1 fully saturated rings. The van der Waals surface area contributed by atoms with E-state index >= 15 is 0 Å². The highest BCUT2D eigenvalue weighted by Gasteiger charge is 2.38. The van der Waals surface area contributed by atoms with Gasteiger partial charge in [-0.3, -0.25) is 9.52 Å². The molecular weight excluding hydrogens is 721 g/mol. The third-order valence-corrected chi connectivity index (χ3v) is 9.91. The molecule has 0 spiro atoms. The summed E-state index contributed by atoms with van der Waals surface area (Å²) in [5, 5.41) is 31.9. The van der Waals surface area contributed by atoms with Gasteiger partial charge in [0.2, 0.25) is 5.91 Å². The lowest BCUT2D eigenvalue weighted by Gasteiger charge is -2.29. The molecule has 1 aromatic heterocycles. The molecule has 2 heterocycles. The van der Waals surface area contributed by atoms with Crippen LogP contribution in [0.25, 0.3) is 10.9 Å². The highest BCUT2D eigenvalue weighted by atomic mass is 32.2. The third-order valence-electron chi connectivity index (χ3n) is 8.51. The first-order valence-electron chi connectivity index (χ1n) is 16.5. The number of fused-ring (bicyclic) bond motifs is 1. The number of β-amino-alcohol motifs (C(OH)–C–C–N with tert-alkyl or cyclic N) is 1. The van der Waals surface area contributed by atoms with Gasteiger partial charge in [-0.2, -0.15) is 13.2 Å². The summed E-state index contributed by atoms with van der Waals surface area (Å²) in [6.07, 6.45) is -4.67. The predicted octanol–water partition coefficient (Wildman–Crippen LogP) is 4.67. The molecule has 4 aromatic rings. The topological polar surface area (TPSA) is 187 Å². The van der Waals surface area contributed by atoms with E-state index in [1.807, 2.05) is 26.0 Å². The van der Waals surface area contributed by atoms with Gasteiger partial charge in [0.25, 0.3) is 10.0 Å². The Morgan fingerprint density at radius 1 is 0.962 bits per heavy atom. The monoisotopic (exact) mass is 762 g/mol. The number of aliphatic carboxylic acids is 1. The van der Waals surface area contributed by atoms with Crippen LogP contribution in [0.3, 0.4) is 0 Å². The van der Waals surface area contributed by atoms with E-state index in [4.69, 9.17) is 14.6 Å². The molecule has 3 aromatic carbocycles. The van der Waals surface area contributed by atoms with Crippen molar-refractivity contribution in [3.8, 4) is 0 Å². The number of ether oxygens (including phenoxy) is 1. The third kappa shape index (κ3) is 11.5. The molecular formula is C36H41F3N4O9S. The summed E-state index contributed by atoms with van der Waals surface area (Å²) < 4.78 is 67.3. The fourth-order valence-electron chi connectivity index (χ4n) is 5.56. The zero-order valence-corrected chi connectivity index (χ0v) is 29.8. The number of aromatic nitrogens is 1. The molecule has 1 amide bonds. The van der Waals surface area contributed by atoms with Gasteiger partial charge >= 0.3 is 18.1 Å².